The minimum Gasteiger partial charge on any atom is -0.352 e. The van der Waals surface area contributed by atoms with E-state index in [2.05, 4.69) is 88.4 Å². The van der Waals surface area contributed by atoms with E-state index >= 15 is 0 Å². The largest absolute Gasteiger partial charge is 0.352 e. The zero-order chi connectivity index (χ0) is 25.1. The Bertz CT molecular complexity index is 1490. The molecule has 2 aromatic rings. The molecule has 2 aliphatic heterocycles. The van der Waals surface area contributed by atoms with Gasteiger partial charge in [-0.05, 0) is 90.1 Å². The number of rotatable bonds is 4. The van der Waals surface area contributed by atoms with Gasteiger partial charge in [-0.3, -0.25) is 9.98 Å². The molecular weight excluding hydrogens is 444 g/mol. The Morgan fingerprint density at radius 3 is 2.44 bits per heavy atom. The van der Waals surface area contributed by atoms with Crippen molar-refractivity contribution >= 4 is 23.5 Å². The molecule has 3 heterocycles. The number of likely N-dealkylation sites (tertiary alicyclic amines) is 1. The van der Waals surface area contributed by atoms with Gasteiger partial charge in [0, 0.05) is 11.4 Å². The van der Waals surface area contributed by atoms with Crippen molar-refractivity contribution in [2.75, 3.05) is 25.5 Å². The monoisotopic (exact) mass is 478 g/mol. The van der Waals surface area contributed by atoms with Gasteiger partial charge in [-0.2, -0.15) is 0 Å². The van der Waals surface area contributed by atoms with E-state index < -0.39 is 0 Å². The minimum atomic E-state index is 0.300. The van der Waals surface area contributed by atoms with E-state index in [1.807, 2.05) is 32.2 Å². The molecule has 0 saturated carbocycles. The Kier molecular flexibility index (Phi) is 6.96. The molecule has 1 aromatic carbocycles. The number of benzene rings is 2. The highest BCUT2D eigenvalue weighted by molar-refractivity contribution is 5.70. The fourth-order valence-corrected chi connectivity index (χ4v) is 4.84. The first-order valence-electron chi connectivity index (χ1n) is 12.7. The van der Waals surface area contributed by atoms with E-state index in [9.17, 15) is 0 Å². The zero-order valence-electron chi connectivity index (χ0n) is 21.6. The highest BCUT2D eigenvalue weighted by atomic mass is 15.1. The second-order valence-electron chi connectivity index (χ2n) is 9.47. The first-order valence-corrected chi connectivity index (χ1v) is 12.7. The molecule has 3 aliphatic rings. The zero-order valence-corrected chi connectivity index (χ0v) is 21.6. The summed E-state index contributed by atoms with van der Waals surface area (Å²) in [5.74, 6) is 0. The van der Waals surface area contributed by atoms with E-state index in [1.54, 1.807) is 0 Å². The number of hydrogen-bond donors (Lipinski definition) is 1. The Morgan fingerprint density at radius 1 is 1.00 bits per heavy atom. The van der Waals surface area contributed by atoms with E-state index in [0.29, 0.717) is 6.04 Å². The van der Waals surface area contributed by atoms with E-state index in [0.717, 1.165) is 76.1 Å². The lowest BCUT2D eigenvalue weighted by Gasteiger charge is -2.26. The van der Waals surface area contributed by atoms with Crippen molar-refractivity contribution in [2.24, 2.45) is 4.99 Å². The van der Waals surface area contributed by atoms with Gasteiger partial charge in [-0.25, -0.2) is 4.98 Å². The molecule has 6 nitrogen and oxygen atoms in total. The number of aryl methyl sites for hydroxylation is 1. The molecule has 1 N–H and O–H groups in total. The van der Waals surface area contributed by atoms with Crippen molar-refractivity contribution in [2.45, 2.75) is 39.7 Å². The summed E-state index contributed by atoms with van der Waals surface area (Å²) in [7, 11) is 2.18. The van der Waals surface area contributed by atoms with Crippen molar-refractivity contribution in [3.63, 3.8) is 0 Å². The van der Waals surface area contributed by atoms with Gasteiger partial charge < -0.3 is 14.8 Å². The molecule has 6 heteroatoms. The summed E-state index contributed by atoms with van der Waals surface area (Å²) in [6.45, 7) is 8.25. The van der Waals surface area contributed by atoms with Crippen LogP contribution < -0.4 is 21.4 Å². The molecule has 184 valence electrons. The number of nitrogens with zero attached hydrogens (tertiary/aromatic N) is 5. The van der Waals surface area contributed by atoms with Gasteiger partial charge >= 0.3 is 0 Å². The molecule has 0 radical (unpaired) electrons. The Balaban J connectivity index is 1.77. The predicted molar refractivity (Wildman–Crippen MR) is 148 cm³/mol. The lowest BCUT2D eigenvalue weighted by atomic mass is 10.1. The first-order chi connectivity index (χ1) is 17.6. The molecule has 0 bridgehead atoms. The summed E-state index contributed by atoms with van der Waals surface area (Å²) < 4.78 is 2.29. The van der Waals surface area contributed by atoms with Gasteiger partial charge in [-0.1, -0.05) is 30.4 Å². The summed E-state index contributed by atoms with van der Waals surface area (Å²) in [5.41, 5.74) is 5.95. The fraction of sp³-hybridized carbons (Fsp3) is 0.300. The van der Waals surface area contributed by atoms with Crippen LogP contribution in [0.15, 0.2) is 65.8 Å². The molecule has 0 unspecified atom stereocenters. The molecule has 1 aromatic heterocycles. The molecule has 5 rings (SSSR count). The third kappa shape index (κ3) is 4.95. The van der Waals surface area contributed by atoms with Crippen LogP contribution in [0.2, 0.25) is 0 Å². The minimum absolute atomic E-state index is 0.300. The second kappa shape index (κ2) is 10.5. The predicted octanol–water partition coefficient (Wildman–Crippen LogP) is 4.02. The van der Waals surface area contributed by atoms with Gasteiger partial charge in [-0.15, -0.1) is 0 Å². The highest BCUT2D eigenvalue weighted by Crippen LogP contribution is 2.24. The number of pyridine rings is 1. The van der Waals surface area contributed by atoms with Crippen molar-refractivity contribution in [1.29, 1.82) is 0 Å². The van der Waals surface area contributed by atoms with Gasteiger partial charge in [0.2, 0.25) is 0 Å². The normalized spacial score (nSPS) is 16.7. The Morgan fingerprint density at radius 2 is 1.78 bits per heavy atom. The van der Waals surface area contributed by atoms with Crippen molar-refractivity contribution < 1.29 is 0 Å². The molecule has 1 saturated heterocycles. The van der Waals surface area contributed by atoms with Crippen LogP contribution in [0.1, 0.15) is 32.4 Å². The third-order valence-electron chi connectivity index (χ3n) is 6.84. The van der Waals surface area contributed by atoms with E-state index in [1.165, 1.54) is 0 Å². The maximum atomic E-state index is 5.28. The standard InChI is InChI=1S/C30H34N6/c1-5-25-29(6-2)36(24-10-8-7-9-11-24)30-19-27(32-22-14-16-35(4)17-15-22)26(18-28(30)34-25)33-23-13-12-21(3)31-20-23/h5-13,18-20,22,33H,14-17H2,1-4H3. The smallest absolute Gasteiger partial charge is 0.0900 e. The lowest BCUT2D eigenvalue weighted by Crippen LogP contribution is -2.39. The summed E-state index contributed by atoms with van der Waals surface area (Å²) in [4.78, 5) is 17.2. The van der Waals surface area contributed by atoms with Gasteiger partial charge in [0.1, 0.15) is 0 Å². The molecule has 0 spiro atoms. The number of para-hydroxylation sites is 1. The van der Waals surface area contributed by atoms with Crippen molar-refractivity contribution in [3.05, 3.63) is 82.5 Å². The van der Waals surface area contributed by atoms with Crippen LogP contribution in [0.5, 0.6) is 0 Å². The van der Waals surface area contributed by atoms with Gasteiger partial charge in [0.05, 0.1) is 51.1 Å². The number of nitrogens with one attached hydrogen (secondary N) is 1. The molecular formula is C30H34N6. The lowest BCUT2D eigenvalue weighted by molar-refractivity contribution is 0.255. The molecule has 36 heavy (non-hydrogen) atoms. The van der Waals surface area contributed by atoms with E-state index in [-0.39, 0.29) is 0 Å². The molecule has 0 atom stereocenters. The maximum absolute atomic E-state index is 5.28. The number of piperidine rings is 1. The summed E-state index contributed by atoms with van der Waals surface area (Å²) in [6.07, 6.45) is 8.20. The van der Waals surface area contributed by atoms with Crippen LogP contribution in [-0.2, 0) is 0 Å². The molecule has 1 aliphatic carbocycles. The van der Waals surface area contributed by atoms with E-state index in [4.69, 9.17) is 9.98 Å². The van der Waals surface area contributed by atoms with Crippen molar-refractivity contribution in [3.8, 4) is 17.1 Å². The summed E-state index contributed by atoms with van der Waals surface area (Å²) in [5, 5.41) is 6.57. The Labute approximate surface area is 212 Å². The van der Waals surface area contributed by atoms with Crippen molar-refractivity contribution in [1.82, 2.24) is 19.4 Å². The average Bonchev–Trinajstić information content (AvgIpc) is 2.91. The van der Waals surface area contributed by atoms with Gasteiger partial charge in [0.25, 0.3) is 0 Å². The van der Waals surface area contributed by atoms with Crippen LogP contribution in [0, 0.1) is 6.92 Å². The van der Waals surface area contributed by atoms with Crippen LogP contribution in [0.25, 0.3) is 29.2 Å². The van der Waals surface area contributed by atoms with Crippen LogP contribution in [-0.4, -0.2) is 45.6 Å². The summed E-state index contributed by atoms with van der Waals surface area (Å²) in [6, 6.07) is 19.2. The molecule has 1 fully saturated rings. The number of aromatic nitrogens is 3. The molecule has 0 amide bonds. The SMILES string of the molecule is CC=c1nc2cc(Nc3ccc(C)nc3)c(=NC3CCN(C)CC3)cc-2n(-c2ccccc2)c1=CC. The van der Waals surface area contributed by atoms with Crippen LogP contribution in [0.4, 0.5) is 11.4 Å². The fourth-order valence-electron chi connectivity index (χ4n) is 4.84. The Hall–Kier alpha value is -3.77. The van der Waals surface area contributed by atoms with Crippen LogP contribution in [0.3, 0.4) is 0 Å². The number of hydrogen-bond acceptors (Lipinski definition) is 5. The average molecular weight is 479 g/mol. The first kappa shape index (κ1) is 23.9. The number of anilines is 2. The quantitative estimate of drug-likeness (QED) is 0.481. The van der Waals surface area contributed by atoms with Gasteiger partial charge in [0.15, 0.2) is 0 Å². The second-order valence-corrected chi connectivity index (χ2v) is 9.47. The highest BCUT2D eigenvalue weighted by Gasteiger charge is 2.18. The topological polar surface area (TPSA) is 58.3 Å². The van der Waals surface area contributed by atoms with Crippen LogP contribution >= 0.6 is 0 Å². The summed E-state index contributed by atoms with van der Waals surface area (Å²) >= 11 is 0. The maximum Gasteiger partial charge on any atom is 0.0900 e. The third-order valence-corrected chi connectivity index (χ3v) is 6.84. The number of fused-ring (bicyclic) bond motifs is 1.